The Kier molecular flexibility index (Phi) is 6.09. The number of hydrogen-bond donors (Lipinski definition) is 0. The van der Waals surface area contributed by atoms with Gasteiger partial charge in [-0.3, -0.25) is 4.98 Å². The smallest absolute Gasteiger partial charge is 0.418 e. The van der Waals surface area contributed by atoms with Crippen molar-refractivity contribution in [2.24, 2.45) is 0 Å². The fourth-order valence-electron chi connectivity index (χ4n) is 3.43. The monoisotopic (exact) mass is 505 g/mol. The van der Waals surface area contributed by atoms with E-state index in [-0.39, 0.29) is 32.1 Å². The third kappa shape index (κ3) is 4.76. The van der Waals surface area contributed by atoms with Crippen LogP contribution in [0.1, 0.15) is 15.9 Å². The maximum Gasteiger partial charge on any atom is 0.418 e. The summed E-state index contributed by atoms with van der Waals surface area (Å²) in [5, 5.41) is 0.451. The van der Waals surface area contributed by atoms with E-state index in [0.29, 0.717) is 11.1 Å². The van der Waals surface area contributed by atoms with Crippen molar-refractivity contribution in [2.75, 3.05) is 6.26 Å². The Morgan fingerprint density at radius 3 is 2.41 bits per heavy atom. The second-order valence-corrected chi connectivity index (χ2v) is 9.81. The summed E-state index contributed by atoms with van der Waals surface area (Å²) in [5.41, 5.74) is -0.384. The number of rotatable bonds is 4. The number of halogens is 4. The number of fused-ring (bicyclic) bond motifs is 1. The van der Waals surface area contributed by atoms with Crippen molar-refractivity contribution < 1.29 is 31.1 Å². The largest absolute Gasteiger partial charge is 0.423 e. The molecule has 0 fully saturated rings. The van der Waals surface area contributed by atoms with Crippen LogP contribution in [-0.4, -0.2) is 25.6 Å². The van der Waals surface area contributed by atoms with Crippen LogP contribution in [0.2, 0.25) is 5.02 Å². The van der Waals surface area contributed by atoms with Crippen molar-refractivity contribution in [2.45, 2.75) is 11.1 Å². The molecule has 4 aromatic rings. The van der Waals surface area contributed by atoms with Crippen molar-refractivity contribution in [3.8, 4) is 16.9 Å². The first kappa shape index (κ1) is 23.7. The standard InChI is InChI=1S/C24H15ClF3NO4S/c1-34(31,32)16-5-2-4-14(12-16)23(30)33-15-8-9-21(25)19(13-15)17-10-11-29-22-18(17)6-3-7-20(22)24(26,27)28/h2-13H,1H3. The average Bonchev–Trinajstić information content (AvgIpc) is 2.78. The quantitative estimate of drug-likeness (QED) is 0.244. The van der Waals surface area contributed by atoms with Gasteiger partial charge in [-0.1, -0.05) is 29.8 Å². The van der Waals surface area contributed by atoms with E-state index in [0.717, 1.165) is 12.3 Å². The number of para-hydroxylation sites is 1. The number of benzene rings is 3. The maximum absolute atomic E-state index is 13.4. The number of alkyl halides is 3. The molecule has 0 spiro atoms. The van der Waals surface area contributed by atoms with Gasteiger partial charge in [0.25, 0.3) is 0 Å². The molecule has 0 atom stereocenters. The molecule has 0 aliphatic carbocycles. The summed E-state index contributed by atoms with van der Waals surface area (Å²) in [6.45, 7) is 0. The predicted octanol–water partition coefficient (Wildman–Crippen LogP) is 6.20. The number of carbonyl (C=O) groups excluding carboxylic acids is 1. The molecule has 0 bridgehead atoms. The highest BCUT2D eigenvalue weighted by Gasteiger charge is 2.33. The minimum Gasteiger partial charge on any atom is -0.423 e. The van der Waals surface area contributed by atoms with Gasteiger partial charge in [0.1, 0.15) is 5.75 Å². The van der Waals surface area contributed by atoms with Gasteiger partial charge in [-0.05, 0) is 54.1 Å². The Balaban J connectivity index is 1.75. The number of sulfone groups is 1. The van der Waals surface area contributed by atoms with Crippen molar-refractivity contribution in [1.29, 1.82) is 0 Å². The van der Waals surface area contributed by atoms with Gasteiger partial charge >= 0.3 is 12.1 Å². The molecule has 0 unspecified atom stereocenters. The Bertz CT molecular complexity index is 1540. The average molecular weight is 506 g/mol. The number of nitrogens with zero attached hydrogens (tertiary/aromatic N) is 1. The van der Waals surface area contributed by atoms with E-state index in [1.807, 2.05) is 0 Å². The van der Waals surface area contributed by atoms with Crippen LogP contribution in [0.4, 0.5) is 13.2 Å². The second-order valence-electron chi connectivity index (χ2n) is 7.39. The molecule has 1 aromatic heterocycles. The molecule has 0 saturated carbocycles. The van der Waals surface area contributed by atoms with Crippen LogP contribution in [0.3, 0.4) is 0 Å². The minimum atomic E-state index is -4.59. The summed E-state index contributed by atoms with van der Waals surface area (Å²) in [4.78, 5) is 16.5. The fraction of sp³-hybridized carbons (Fsp3) is 0.0833. The zero-order valence-electron chi connectivity index (χ0n) is 17.4. The molecule has 0 saturated heterocycles. The number of esters is 1. The lowest BCUT2D eigenvalue weighted by Crippen LogP contribution is -2.10. The van der Waals surface area contributed by atoms with Crippen LogP contribution >= 0.6 is 11.6 Å². The molecule has 10 heteroatoms. The SMILES string of the molecule is CS(=O)(=O)c1cccc(C(=O)Oc2ccc(Cl)c(-c3ccnc4c(C(F)(F)F)cccc34)c2)c1. The zero-order chi connectivity index (χ0) is 24.7. The van der Waals surface area contributed by atoms with E-state index in [1.54, 1.807) is 0 Å². The van der Waals surface area contributed by atoms with Gasteiger partial charge in [0.15, 0.2) is 9.84 Å². The van der Waals surface area contributed by atoms with Crippen LogP contribution in [0.25, 0.3) is 22.0 Å². The van der Waals surface area contributed by atoms with Crippen LogP contribution in [0, 0.1) is 0 Å². The Morgan fingerprint density at radius 1 is 0.971 bits per heavy atom. The van der Waals surface area contributed by atoms with Gasteiger partial charge in [-0.2, -0.15) is 13.2 Å². The molecule has 0 radical (unpaired) electrons. The molecule has 34 heavy (non-hydrogen) atoms. The summed E-state index contributed by atoms with van der Waals surface area (Å²) < 4.78 is 69.2. The molecule has 0 amide bonds. The van der Waals surface area contributed by atoms with Gasteiger partial charge in [-0.15, -0.1) is 0 Å². The first-order valence-electron chi connectivity index (χ1n) is 9.72. The normalized spacial score (nSPS) is 12.0. The zero-order valence-corrected chi connectivity index (χ0v) is 19.0. The lowest BCUT2D eigenvalue weighted by atomic mass is 9.99. The summed E-state index contributed by atoms with van der Waals surface area (Å²) in [7, 11) is -3.53. The molecular weight excluding hydrogens is 491 g/mol. The number of ether oxygens (including phenoxy) is 1. The lowest BCUT2D eigenvalue weighted by Gasteiger charge is -2.14. The third-order valence-electron chi connectivity index (χ3n) is 5.01. The highest BCUT2D eigenvalue weighted by molar-refractivity contribution is 7.90. The molecule has 3 aromatic carbocycles. The molecule has 0 N–H and O–H groups in total. The minimum absolute atomic E-state index is 0.0172. The van der Waals surface area contributed by atoms with E-state index in [4.69, 9.17) is 16.3 Å². The van der Waals surface area contributed by atoms with E-state index < -0.39 is 27.5 Å². The van der Waals surface area contributed by atoms with Gasteiger partial charge in [0.05, 0.1) is 21.5 Å². The first-order chi connectivity index (χ1) is 15.9. The first-order valence-corrected chi connectivity index (χ1v) is 12.0. The van der Waals surface area contributed by atoms with Gasteiger partial charge < -0.3 is 4.74 Å². The van der Waals surface area contributed by atoms with E-state index in [1.165, 1.54) is 66.9 Å². The summed E-state index contributed by atoms with van der Waals surface area (Å²) in [6, 6.07) is 14.9. The fourth-order valence-corrected chi connectivity index (χ4v) is 4.32. The van der Waals surface area contributed by atoms with Crippen molar-refractivity contribution in [3.63, 3.8) is 0 Å². The number of hydrogen-bond acceptors (Lipinski definition) is 5. The third-order valence-corrected chi connectivity index (χ3v) is 6.45. The van der Waals surface area contributed by atoms with Crippen molar-refractivity contribution >= 4 is 38.3 Å². The summed E-state index contributed by atoms with van der Waals surface area (Å²) in [5.74, 6) is -0.733. The molecule has 174 valence electrons. The van der Waals surface area contributed by atoms with Gasteiger partial charge in [0.2, 0.25) is 0 Å². The molecule has 0 aliphatic rings. The predicted molar refractivity (Wildman–Crippen MR) is 122 cm³/mol. The number of carbonyl (C=O) groups is 1. The Morgan fingerprint density at radius 2 is 1.71 bits per heavy atom. The molecule has 0 aliphatic heterocycles. The van der Waals surface area contributed by atoms with Crippen molar-refractivity contribution in [1.82, 2.24) is 4.98 Å². The molecule has 1 heterocycles. The Labute approximate surface area is 197 Å². The number of pyridine rings is 1. The topological polar surface area (TPSA) is 73.3 Å². The van der Waals surface area contributed by atoms with E-state index in [9.17, 15) is 26.4 Å². The highest BCUT2D eigenvalue weighted by Crippen LogP contribution is 2.39. The van der Waals surface area contributed by atoms with E-state index in [2.05, 4.69) is 4.98 Å². The molecule has 5 nitrogen and oxygen atoms in total. The van der Waals surface area contributed by atoms with E-state index >= 15 is 0 Å². The summed E-state index contributed by atoms with van der Waals surface area (Å²) >= 11 is 6.34. The lowest BCUT2D eigenvalue weighted by molar-refractivity contribution is -0.136. The van der Waals surface area contributed by atoms with Crippen LogP contribution in [0.15, 0.2) is 77.8 Å². The second kappa shape index (κ2) is 8.73. The Hall–Kier alpha value is -3.43. The number of aromatic nitrogens is 1. The van der Waals surface area contributed by atoms with Gasteiger partial charge in [0, 0.05) is 28.4 Å². The van der Waals surface area contributed by atoms with Crippen LogP contribution in [0.5, 0.6) is 5.75 Å². The maximum atomic E-state index is 13.4. The van der Waals surface area contributed by atoms with Gasteiger partial charge in [-0.25, -0.2) is 13.2 Å². The molecule has 4 rings (SSSR count). The van der Waals surface area contributed by atoms with Crippen LogP contribution < -0.4 is 4.74 Å². The molecular formula is C24H15ClF3NO4S. The highest BCUT2D eigenvalue weighted by atomic mass is 35.5. The van der Waals surface area contributed by atoms with Crippen molar-refractivity contribution in [3.05, 3.63) is 89.1 Å². The summed E-state index contributed by atoms with van der Waals surface area (Å²) in [6.07, 6.45) is -2.32. The van der Waals surface area contributed by atoms with Crippen LogP contribution in [-0.2, 0) is 16.0 Å².